The fourth-order valence-electron chi connectivity index (χ4n) is 4.08. The third-order valence-electron chi connectivity index (χ3n) is 5.71. The molecule has 0 bridgehead atoms. The molecule has 2 heterocycles. The molecule has 1 fully saturated rings. The molecule has 36 heavy (non-hydrogen) atoms. The van der Waals surface area contributed by atoms with Crippen LogP contribution in [0, 0.1) is 0 Å². The maximum absolute atomic E-state index is 13.1. The first-order valence-electron chi connectivity index (χ1n) is 11.2. The van der Waals surface area contributed by atoms with Crippen LogP contribution >= 0.6 is 11.6 Å². The number of carbonyl (C=O) groups is 2. The summed E-state index contributed by atoms with van der Waals surface area (Å²) in [6.45, 7) is 0.759. The molecule has 4 rings (SSSR count). The fourth-order valence-corrected chi connectivity index (χ4v) is 4.36. The molecule has 0 radical (unpaired) electrons. The van der Waals surface area contributed by atoms with E-state index in [0.29, 0.717) is 30.8 Å². The number of hydrogen-bond acceptors (Lipinski definition) is 6. The summed E-state index contributed by atoms with van der Waals surface area (Å²) in [4.78, 5) is 27.4. The molecular weight excluding hydrogens is 501 g/mol. The van der Waals surface area contributed by atoms with Crippen LogP contribution in [0.25, 0.3) is 11.1 Å². The minimum absolute atomic E-state index is 0.129. The third kappa shape index (κ3) is 6.30. The van der Waals surface area contributed by atoms with Gasteiger partial charge in [0, 0.05) is 29.8 Å². The molecule has 1 aliphatic rings. The number of para-hydroxylation sites is 1. The number of tetrazole rings is 1. The average molecular weight is 523 g/mol. The van der Waals surface area contributed by atoms with Gasteiger partial charge in [-0.25, -0.2) is 4.68 Å². The molecule has 1 N–H and O–H groups in total. The number of nitrogens with zero attached hydrogens (tertiary/aromatic N) is 5. The number of halogens is 4. The lowest BCUT2D eigenvalue weighted by Gasteiger charge is -2.34. The summed E-state index contributed by atoms with van der Waals surface area (Å²) < 4.78 is 43.9. The highest BCUT2D eigenvalue weighted by Crippen LogP contribution is 2.38. The maximum Gasteiger partial charge on any atom is 0.573 e. The van der Waals surface area contributed by atoms with Crippen LogP contribution in [0.15, 0.2) is 48.8 Å². The van der Waals surface area contributed by atoms with E-state index in [0.717, 1.165) is 12.8 Å². The highest BCUT2D eigenvalue weighted by atomic mass is 35.5. The number of likely N-dealkylation sites (tertiary alicyclic amines) is 1. The summed E-state index contributed by atoms with van der Waals surface area (Å²) in [7, 11) is 0. The summed E-state index contributed by atoms with van der Waals surface area (Å²) >= 11 is 6.37. The predicted octanol–water partition coefficient (Wildman–Crippen LogP) is 4.30. The number of anilines is 1. The van der Waals surface area contributed by atoms with Gasteiger partial charge in [0.15, 0.2) is 0 Å². The molecule has 190 valence electrons. The van der Waals surface area contributed by atoms with Crippen molar-refractivity contribution in [1.29, 1.82) is 0 Å². The lowest BCUT2D eigenvalue weighted by atomic mass is 10.0. The van der Waals surface area contributed by atoms with E-state index in [2.05, 4.69) is 25.6 Å². The third-order valence-corrected chi connectivity index (χ3v) is 6.02. The van der Waals surface area contributed by atoms with Crippen molar-refractivity contribution in [3.05, 3.63) is 53.8 Å². The van der Waals surface area contributed by atoms with E-state index in [-0.39, 0.29) is 34.6 Å². The molecule has 0 aliphatic carbocycles. The number of ether oxygens (including phenoxy) is 1. The van der Waals surface area contributed by atoms with E-state index in [1.807, 2.05) is 0 Å². The van der Waals surface area contributed by atoms with Crippen molar-refractivity contribution in [2.45, 2.75) is 44.6 Å². The first kappa shape index (κ1) is 25.4. The number of piperidine rings is 1. The van der Waals surface area contributed by atoms with Crippen LogP contribution in [0.2, 0.25) is 5.02 Å². The molecule has 0 saturated carbocycles. The summed E-state index contributed by atoms with van der Waals surface area (Å²) in [6.07, 6.45) is -1.20. The zero-order chi connectivity index (χ0) is 25.7. The van der Waals surface area contributed by atoms with Crippen molar-refractivity contribution in [2.24, 2.45) is 0 Å². The van der Waals surface area contributed by atoms with Gasteiger partial charge >= 0.3 is 6.36 Å². The first-order valence-corrected chi connectivity index (χ1v) is 11.5. The molecule has 2 amide bonds. The molecule has 1 saturated heterocycles. The Labute approximate surface area is 209 Å². The highest BCUT2D eigenvalue weighted by Gasteiger charge is 2.33. The predicted molar refractivity (Wildman–Crippen MR) is 124 cm³/mol. The van der Waals surface area contributed by atoms with Crippen LogP contribution in [0.3, 0.4) is 0 Å². The van der Waals surface area contributed by atoms with Crippen LogP contribution in [0.5, 0.6) is 5.75 Å². The molecule has 13 heteroatoms. The summed E-state index contributed by atoms with van der Waals surface area (Å²) in [5.74, 6) is -0.934. The van der Waals surface area contributed by atoms with Crippen molar-refractivity contribution in [2.75, 3.05) is 11.9 Å². The van der Waals surface area contributed by atoms with E-state index < -0.39 is 12.4 Å². The van der Waals surface area contributed by atoms with Crippen molar-refractivity contribution >= 4 is 29.1 Å². The lowest BCUT2D eigenvalue weighted by molar-refractivity contribution is -0.274. The zero-order valence-corrected chi connectivity index (χ0v) is 19.7. The molecule has 9 nitrogen and oxygen atoms in total. The average Bonchev–Trinajstić information content (AvgIpc) is 3.36. The maximum atomic E-state index is 13.1. The van der Waals surface area contributed by atoms with Crippen LogP contribution in [0.4, 0.5) is 18.9 Å². The minimum atomic E-state index is -4.86. The second-order valence-corrected chi connectivity index (χ2v) is 8.56. The van der Waals surface area contributed by atoms with Gasteiger partial charge in [0.05, 0.1) is 11.6 Å². The number of carbonyl (C=O) groups excluding carboxylic acids is 2. The van der Waals surface area contributed by atoms with Gasteiger partial charge in [-0.1, -0.05) is 35.9 Å². The number of amides is 2. The summed E-state index contributed by atoms with van der Waals surface area (Å²) in [5, 5.41) is 13.7. The molecule has 0 unspecified atom stereocenters. The Morgan fingerprint density at radius 3 is 2.67 bits per heavy atom. The van der Waals surface area contributed by atoms with E-state index in [1.54, 1.807) is 11.0 Å². The fraction of sp³-hybridized carbons (Fsp3) is 0.348. The largest absolute Gasteiger partial charge is 0.573 e. The molecule has 1 atom stereocenters. The Hall–Kier alpha value is -3.67. The number of hydrogen-bond donors (Lipinski definition) is 1. The number of benzene rings is 2. The second-order valence-electron chi connectivity index (χ2n) is 8.15. The monoisotopic (exact) mass is 522 g/mol. The van der Waals surface area contributed by atoms with Gasteiger partial charge < -0.3 is 15.0 Å². The van der Waals surface area contributed by atoms with Crippen molar-refractivity contribution in [3.8, 4) is 16.9 Å². The number of aromatic nitrogens is 4. The minimum Gasteiger partial charge on any atom is -0.405 e. The van der Waals surface area contributed by atoms with E-state index in [9.17, 15) is 22.8 Å². The Balaban J connectivity index is 1.46. The molecule has 1 aromatic heterocycles. The van der Waals surface area contributed by atoms with Crippen LogP contribution in [0.1, 0.15) is 25.7 Å². The Bertz CT molecular complexity index is 1220. The quantitative estimate of drug-likeness (QED) is 0.496. The Morgan fingerprint density at radius 2 is 1.94 bits per heavy atom. The van der Waals surface area contributed by atoms with Crippen molar-refractivity contribution < 1.29 is 27.5 Å². The van der Waals surface area contributed by atoms with E-state index in [1.165, 1.54) is 47.4 Å². The van der Waals surface area contributed by atoms with Crippen molar-refractivity contribution in [1.82, 2.24) is 25.1 Å². The van der Waals surface area contributed by atoms with Gasteiger partial charge in [-0.3, -0.25) is 9.59 Å². The molecule has 0 spiro atoms. The normalized spacial score (nSPS) is 16.0. The molecule has 3 aromatic rings. The number of nitrogens with one attached hydrogen (secondary N) is 1. The number of alkyl halides is 3. The first-order chi connectivity index (χ1) is 17.2. The van der Waals surface area contributed by atoms with Gasteiger partial charge in [-0.05, 0) is 47.9 Å². The van der Waals surface area contributed by atoms with Crippen molar-refractivity contribution in [3.63, 3.8) is 0 Å². The van der Waals surface area contributed by atoms with Gasteiger partial charge in [-0.2, -0.15) is 0 Å². The molecule has 1 aliphatic heterocycles. The topological polar surface area (TPSA) is 102 Å². The smallest absolute Gasteiger partial charge is 0.405 e. The van der Waals surface area contributed by atoms with Crippen LogP contribution in [-0.2, 0) is 16.1 Å². The summed E-state index contributed by atoms with van der Waals surface area (Å²) in [5.41, 5.74) is 0.825. The van der Waals surface area contributed by atoms with Crippen LogP contribution < -0.4 is 10.1 Å². The highest BCUT2D eigenvalue weighted by molar-refractivity contribution is 6.33. The summed E-state index contributed by atoms with van der Waals surface area (Å²) in [6, 6.07) is 9.49. The number of rotatable bonds is 7. The van der Waals surface area contributed by atoms with E-state index >= 15 is 0 Å². The molecule has 2 aromatic carbocycles. The standard InChI is InChI=1S/C23H22ClF3N6O3/c24-18-13-15(8-9-16(18)17-5-1-2-7-20(17)36-23(25,26)27)29-22(35)19-6-3-4-11-33(19)21(34)10-12-32-14-28-30-31-32/h1-2,5,7-9,13-14,19H,3-4,6,10-12H2,(H,29,35)/t19-/m1/s1. The SMILES string of the molecule is O=C(Nc1ccc(-c2ccccc2OC(F)(F)F)c(Cl)c1)[C@H]1CCCCN1C(=O)CCn1cnnn1. The van der Waals surface area contributed by atoms with Gasteiger partial charge in [0.2, 0.25) is 11.8 Å². The zero-order valence-electron chi connectivity index (χ0n) is 18.9. The Kier molecular flexibility index (Phi) is 7.73. The van der Waals surface area contributed by atoms with Gasteiger partial charge in [0.25, 0.3) is 0 Å². The van der Waals surface area contributed by atoms with E-state index in [4.69, 9.17) is 11.6 Å². The lowest BCUT2D eigenvalue weighted by Crippen LogP contribution is -2.50. The van der Waals surface area contributed by atoms with Gasteiger partial charge in [0.1, 0.15) is 18.1 Å². The second kappa shape index (κ2) is 10.9. The van der Waals surface area contributed by atoms with Crippen LogP contribution in [-0.4, -0.2) is 55.9 Å². The van der Waals surface area contributed by atoms with Gasteiger partial charge in [-0.15, -0.1) is 18.3 Å². The molecular formula is C23H22ClF3N6O3. The Morgan fingerprint density at radius 1 is 1.14 bits per heavy atom. The number of aryl methyl sites for hydroxylation is 1.